The second-order valence-electron chi connectivity index (χ2n) is 9.40. The summed E-state index contributed by atoms with van der Waals surface area (Å²) in [5, 5.41) is 3.79. The lowest BCUT2D eigenvalue weighted by atomic mass is 10.1. The van der Waals surface area contributed by atoms with E-state index in [9.17, 15) is 18.0 Å². The molecule has 3 rings (SSSR count). The molecule has 7 nitrogen and oxygen atoms in total. The molecule has 0 aliphatic rings. The summed E-state index contributed by atoms with van der Waals surface area (Å²) in [7, 11) is -4.21. The van der Waals surface area contributed by atoms with Crippen LogP contribution < -0.4 is 9.62 Å². The molecule has 3 aromatic rings. The maximum Gasteiger partial charge on any atom is 0.264 e. The van der Waals surface area contributed by atoms with E-state index in [-0.39, 0.29) is 23.0 Å². The molecule has 11 heteroatoms. The second-order valence-corrected chi connectivity index (χ2v) is 12.5. The van der Waals surface area contributed by atoms with Gasteiger partial charge in [0.2, 0.25) is 11.8 Å². The first-order valence-electron chi connectivity index (χ1n) is 12.7. The third-order valence-corrected chi connectivity index (χ3v) is 9.39. The number of benzene rings is 3. The number of amides is 2. The maximum absolute atomic E-state index is 14.0. The van der Waals surface area contributed by atoms with Gasteiger partial charge in [-0.25, -0.2) is 8.42 Å². The zero-order valence-electron chi connectivity index (χ0n) is 22.7. The van der Waals surface area contributed by atoms with E-state index in [1.807, 2.05) is 13.8 Å². The van der Waals surface area contributed by atoms with Crippen LogP contribution in [-0.4, -0.2) is 44.3 Å². The quantitative estimate of drug-likeness (QED) is 0.267. The van der Waals surface area contributed by atoms with E-state index in [2.05, 4.69) is 5.32 Å². The smallest absolute Gasteiger partial charge is 0.264 e. The van der Waals surface area contributed by atoms with Crippen molar-refractivity contribution in [1.82, 2.24) is 10.2 Å². The number of hydrogen-bond acceptors (Lipinski definition) is 4. The number of carbonyl (C=O) groups excluding carboxylic acids is 2. The highest BCUT2D eigenvalue weighted by Crippen LogP contribution is 2.32. The highest BCUT2D eigenvalue weighted by molar-refractivity contribution is 7.92. The molecule has 0 unspecified atom stereocenters. The van der Waals surface area contributed by atoms with Crippen molar-refractivity contribution in [3.05, 3.63) is 92.4 Å². The molecular formula is C29H32Cl3N3O4S. The zero-order valence-corrected chi connectivity index (χ0v) is 25.8. The van der Waals surface area contributed by atoms with E-state index in [0.717, 1.165) is 9.87 Å². The van der Waals surface area contributed by atoms with Gasteiger partial charge < -0.3 is 10.2 Å². The molecule has 40 heavy (non-hydrogen) atoms. The lowest BCUT2D eigenvalue weighted by Crippen LogP contribution is -2.51. The molecular weight excluding hydrogens is 593 g/mol. The zero-order chi connectivity index (χ0) is 29.6. The molecule has 214 valence electrons. The molecule has 0 saturated heterocycles. The fraction of sp³-hybridized carbons (Fsp3) is 0.310. The predicted molar refractivity (Wildman–Crippen MR) is 162 cm³/mol. The molecule has 0 bridgehead atoms. The number of rotatable bonds is 11. The number of halogens is 3. The normalized spacial score (nSPS) is 12.1. The Morgan fingerprint density at radius 3 is 2.08 bits per heavy atom. The summed E-state index contributed by atoms with van der Waals surface area (Å²) in [6.07, 6.45) is 0.708. The molecule has 0 aliphatic heterocycles. The van der Waals surface area contributed by atoms with Gasteiger partial charge in [0.25, 0.3) is 10.0 Å². The molecule has 0 saturated carbocycles. The number of hydrogen-bond donors (Lipinski definition) is 1. The van der Waals surface area contributed by atoms with Crippen molar-refractivity contribution in [1.29, 1.82) is 0 Å². The summed E-state index contributed by atoms with van der Waals surface area (Å²) >= 11 is 19.2. The summed E-state index contributed by atoms with van der Waals surface area (Å²) in [5.74, 6) is -1.00. The third kappa shape index (κ3) is 7.29. The molecule has 0 heterocycles. The number of aryl methyl sites for hydroxylation is 1. The van der Waals surface area contributed by atoms with E-state index in [1.165, 1.54) is 17.0 Å². The molecule has 3 aromatic carbocycles. The van der Waals surface area contributed by atoms with E-state index >= 15 is 0 Å². The Labute approximate surface area is 251 Å². The van der Waals surface area contributed by atoms with Crippen molar-refractivity contribution in [3.63, 3.8) is 0 Å². The molecule has 0 aromatic heterocycles. The average Bonchev–Trinajstić information content (AvgIpc) is 2.91. The van der Waals surface area contributed by atoms with Crippen LogP contribution >= 0.6 is 34.8 Å². The van der Waals surface area contributed by atoms with Crippen LogP contribution in [0, 0.1) is 13.8 Å². The largest absolute Gasteiger partial charge is 0.354 e. The molecule has 0 aliphatic carbocycles. The van der Waals surface area contributed by atoms with E-state index < -0.39 is 28.5 Å². The fourth-order valence-electron chi connectivity index (χ4n) is 4.05. The van der Waals surface area contributed by atoms with Crippen molar-refractivity contribution in [3.8, 4) is 0 Å². The van der Waals surface area contributed by atoms with Crippen LogP contribution in [0.4, 0.5) is 5.69 Å². The van der Waals surface area contributed by atoms with Gasteiger partial charge in [-0.1, -0.05) is 71.6 Å². The standard InChI is InChI=1S/C29H32Cl3N3O4S/c1-5-16-33-29(37)21(4)34(17-23-25(31)9-6-10-26(23)32)28(36)18-35(27-11-7-8-24(30)20(27)3)40(38,39)22-14-12-19(2)13-15-22/h6-15,21H,5,16-18H2,1-4H3,(H,33,37)/t21-/m1/s1. The molecule has 2 amide bonds. The van der Waals surface area contributed by atoms with Gasteiger partial charge in [-0.3, -0.25) is 13.9 Å². The molecule has 1 N–H and O–H groups in total. The monoisotopic (exact) mass is 623 g/mol. The van der Waals surface area contributed by atoms with Crippen LogP contribution in [0.25, 0.3) is 0 Å². The van der Waals surface area contributed by atoms with Gasteiger partial charge in [-0.2, -0.15) is 0 Å². The van der Waals surface area contributed by atoms with Gasteiger partial charge >= 0.3 is 0 Å². The predicted octanol–water partition coefficient (Wildman–Crippen LogP) is 6.40. The van der Waals surface area contributed by atoms with E-state index in [1.54, 1.807) is 62.4 Å². The van der Waals surface area contributed by atoms with Gasteiger partial charge in [-0.15, -0.1) is 0 Å². The summed E-state index contributed by atoms with van der Waals surface area (Å²) < 4.78 is 29.0. The van der Waals surface area contributed by atoms with Crippen LogP contribution in [0.5, 0.6) is 0 Å². The van der Waals surface area contributed by atoms with Gasteiger partial charge in [0, 0.05) is 33.7 Å². The number of carbonyl (C=O) groups is 2. The Balaban J connectivity index is 2.10. The number of anilines is 1. The Morgan fingerprint density at radius 2 is 1.48 bits per heavy atom. The highest BCUT2D eigenvalue weighted by atomic mass is 35.5. The molecule has 0 fully saturated rings. The van der Waals surface area contributed by atoms with Gasteiger partial charge in [-0.05, 0) is 69.2 Å². The van der Waals surface area contributed by atoms with Gasteiger partial charge in [0.05, 0.1) is 10.6 Å². The molecule has 1 atom stereocenters. The third-order valence-electron chi connectivity index (χ3n) is 6.50. The summed E-state index contributed by atoms with van der Waals surface area (Å²) in [4.78, 5) is 28.3. The first-order valence-corrected chi connectivity index (χ1v) is 15.3. The fourth-order valence-corrected chi connectivity index (χ4v) is 6.21. The molecule has 0 spiro atoms. The number of sulfonamides is 1. The van der Waals surface area contributed by atoms with Crippen LogP contribution in [-0.2, 0) is 26.2 Å². The Morgan fingerprint density at radius 1 is 0.900 bits per heavy atom. The Bertz CT molecular complexity index is 1460. The molecule has 0 radical (unpaired) electrons. The van der Waals surface area contributed by atoms with E-state index in [4.69, 9.17) is 34.8 Å². The van der Waals surface area contributed by atoms with Crippen molar-refractivity contribution < 1.29 is 18.0 Å². The Kier molecular flexibility index (Phi) is 10.9. The number of nitrogens with one attached hydrogen (secondary N) is 1. The number of nitrogens with zero attached hydrogens (tertiary/aromatic N) is 2. The minimum atomic E-state index is -4.21. The maximum atomic E-state index is 14.0. The SMILES string of the molecule is CCCNC(=O)[C@@H](C)N(Cc1c(Cl)cccc1Cl)C(=O)CN(c1cccc(Cl)c1C)S(=O)(=O)c1ccc(C)cc1. The van der Waals surface area contributed by atoms with Gasteiger partial charge in [0.1, 0.15) is 12.6 Å². The van der Waals surface area contributed by atoms with Crippen molar-refractivity contribution in [2.75, 3.05) is 17.4 Å². The van der Waals surface area contributed by atoms with Crippen LogP contribution in [0.1, 0.15) is 37.0 Å². The lowest BCUT2D eigenvalue weighted by molar-refractivity contribution is -0.139. The first kappa shape index (κ1) is 31.7. The Hall–Kier alpha value is -2.78. The first-order chi connectivity index (χ1) is 18.9. The van der Waals surface area contributed by atoms with Crippen LogP contribution in [0.2, 0.25) is 15.1 Å². The summed E-state index contributed by atoms with van der Waals surface area (Å²) in [6, 6.07) is 15.2. The highest BCUT2D eigenvalue weighted by Gasteiger charge is 2.33. The second kappa shape index (κ2) is 13.7. The van der Waals surface area contributed by atoms with Crippen molar-refractivity contribution in [2.24, 2.45) is 0 Å². The van der Waals surface area contributed by atoms with Crippen molar-refractivity contribution in [2.45, 2.75) is 51.6 Å². The van der Waals surface area contributed by atoms with Gasteiger partial charge in [0.15, 0.2) is 0 Å². The minimum Gasteiger partial charge on any atom is -0.354 e. The van der Waals surface area contributed by atoms with Crippen LogP contribution in [0.15, 0.2) is 65.6 Å². The van der Waals surface area contributed by atoms with E-state index in [0.29, 0.717) is 39.2 Å². The summed E-state index contributed by atoms with van der Waals surface area (Å²) in [5.41, 5.74) is 2.07. The van der Waals surface area contributed by atoms with Crippen molar-refractivity contribution >= 4 is 62.3 Å². The topological polar surface area (TPSA) is 86.8 Å². The van der Waals surface area contributed by atoms with Crippen LogP contribution in [0.3, 0.4) is 0 Å². The summed E-state index contributed by atoms with van der Waals surface area (Å²) in [6.45, 7) is 6.75. The lowest BCUT2D eigenvalue weighted by Gasteiger charge is -2.33. The average molecular weight is 625 g/mol. The minimum absolute atomic E-state index is 0.0136.